The van der Waals surface area contributed by atoms with E-state index in [0.29, 0.717) is 17.9 Å². The van der Waals surface area contributed by atoms with Crippen molar-refractivity contribution in [1.82, 2.24) is 0 Å². The van der Waals surface area contributed by atoms with Gasteiger partial charge in [-0.05, 0) is 48.6 Å². The van der Waals surface area contributed by atoms with Crippen LogP contribution < -0.4 is 5.32 Å². The van der Waals surface area contributed by atoms with E-state index >= 15 is 0 Å². The summed E-state index contributed by atoms with van der Waals surface area (Å²) in [6.07, 6.45) is 7.81. The lowest BCUT2D eigenvalue weighted by atomic mass is 9.92. The summed E-state index contributed by atoms with van der Waals surface area (Å²) < 4.78 is 6.13. The fourth-order valence-corrected chi connectivity index (χ4v) is 5.44. The molecule has 0 radical (unpaired) electrons. The summed E-state index contributed by atoms with van der Waals surface area (Å²) in [4.78, 5) is 18.2. The van der Waals surface area contributed by atoms with Crippen molar-refractivity contribution in [3.05, 3.63) is 29.3 Å². The number of unbranched alkanes of at least 4 members (excludes halogenated alkanes) is 1. The smallest absolute Gasteiger partial charge is 0.247 e. The van der Waals surface area contributed by atoms with Crippen molar-refractivity contribution >= 4 is 28.6 Å². The number of aliphatic imine (C=N–C) groups is 1. The molecule has 1 aliphatic heterocycles. The molecule has 0 spiro atoms. The van der Waals surface area contributed by atoms with Crippen molar-refractivity contribution in [2.75, 3.05) is 5.32 Å². The number of para-hydroxylation sites is 1. The van der Waals surface area contributed by atoms with Gasteiger partial charge in [-0.3, -0.25) is 4.79 Å². The van der Waals surface area contributed by atoms with Crippen LogP contribution in [-0.4, -0.2) is 28.5 Å². The summed E-state index contributed by atoms with van der Waals surface area (Å²) in [5.41, 5.74) is 3.40. The summed E-state index contributed by atoms with van der Waals surface area (Å²) in [7, 11) is 0. The number of nitrogens with zero attached hydrogens (tertiary/aromatic N) is 1. The summed E-state index contributed by atoms with van der Waals surface area (Å²) in [5, 5.41) is 3.87. The van der Waals surface area contributed by atoms with Gasteiger partial charge in [0.05, 0.1) is 11.3 Å². The molecule has 0 bridgehead atoms. The largest absolute Gasteiger partial charge is 0.467 e. The number of fused-ring (bicyclic) bond motifs is 1. The van der Waals surface area contributed by atoms with Gasteiger partial charge < -0.3 is 10.1 Å². The molecule has 3 rings (SSSR count). The van der Waals surface area contributed by atoms with E-state index in [0.717, 1.165) is 43.0 Å². The Labute approximate surface area is 186 Å². The minimum absolute atomic E-state index is 0.0737. The number of rotatable bonds is 8. The molecular formula is C25H38N2O2S. The average molecular weight is 431 g/mol. The van der Waals surface area contributed by atoms with Crippen molar-refractivity contribution < 1.29 is 9.53 Å². The summed E-state index contributed by atoms with van der Waals surface area (Å²) in [6, 6.07) is 6.67. The molecule has 4 nitrogen and oxygen atoms in total. The van der Waals surface area contributed by atoms with E-state index in [9.17, 15) is 4.79 Å². The molecular weight excluding hydrogens is 392 g/mol. The first-order valence-electron chi connectivity index (χ1n) is 11.8. The molecule has 0 aromatic heterocycles. The van der Waals surface area contributed by atoms with Gasteiger partial charge in [0, 0.05) is 5.69 Å². The molecule has 1 aromatic rings. The molecule has 1 aromatic carbocycles. The topological polar surface area (TPSA) is 50.7 Å². The SMILES string of the molecule is CCCCC(SC1=N[C@@H]2CCCC[C@H]2O1)C(=O)Nc1c(C(C)C)cccc1C(C)C. The number of hydrogen-bond acceptors (Lipinski definition) is 4. The Morgan fingerprint density at radius 2 is 1.83 bits per heavy atom. The van der Waals surface area contributed by atoms with E-state index < -0.39 is 0 Å². The average Bonchev–Trinajstić information content (AvgIpc) is 3.13. The molecule has 166 valence electrons. The van der Waals surface area contributed by atoms with E-state index in [1.54, 1.807) is 0 Å². The number of benzene rings is 1. The molecule has 2 aliphatic rings. The van der Waals surface area contributed by atoms with Crippen LogP contribution in [0.5, 0.6) is 0 Å². The van der Waals surface area contributed by atoms with Gasteiger partial charge in [0.2, 0.25) is 11.1 Å². The minimum atomic E-state index is -0.177. The predicted molar refractivity (Wildman–Crippen MR) is 129 cm³/mol. The maximum Gasteiger partial charge on any atom is 0.247 e. The van der Waals surface area contributed by atoms with Gasteiger partial charge in [0.25, 0.3) is 0 Å². The highest BCUT2D eigenvalue weighted by molar-refractivity contribution is 8.14. The quantitative estimate of drug-likeness (QED) is 0.490. The van der Waals surface area contributed by atoms with Crippen molar-refractivity contribution in [3.63, 3.8) is 0 Å². The summed E-state index contributed by atoms with van der Waals surface area (Å²) >= 11 is 1.53. The molecule has 1 unspecified atom stereocenters. The van der Waals surface area contributed by atoms with Crippen LogP contribution in [0.25, 0.3) is 0 Å². The molecule has 0 saturated heterocycles. The second-order valence-corrected chi connectivity index (χ2v) is 10.4. The fraction of sp³-hybridized carbons (Fsp3) is 0.680. The van der Waals surface area contributed by atoms with Gasteiger partial charge >= 0.3 is 0 Å². The lowest BCUT2D eigenvalue weighted by molar-refractivity contribution is -0.115. The van der Waals surface area contributed by atoms with Crippen molar-refractivity contribution in [2.45, 2.75) is 109 Å². The Hall–Kier alpha value is -1.49. The number of carbonyl (C=O) groups is 1. The Morgan fingerprint density at radius 3 is 2.43 bits per heavy atom. The molecule has 5 heteroatoms. The highest BCUT2D eigenvalue weighted by Crippen LogP contribution is 2.36. The number of thioether (sulfide) groups is 1. The molecule has 1 amide bonds. The molecule has 30 heavy (non-hydrogen) atoms. The zero-order valence-electron chi connectivity index (χ0n) is 19.2. The van der Waals surface area contributed by atoms with Crippen LogP contribution in [-0.2, 0) is 9.53 Å². The third kappa shape index (κ3) is 5.60. The Morgan fingerprint density at radius 1 is 1.17 bits per heavy atom. The monoisotopic (exact) mass is 430 g/mol. The number of nitrogens with one attached hydrogen (secondary N) is 1. The van der Waals surface area contributed by atoms with Crippen LogP contribution in [0.15, 0.2) is 23.2 Å². The first-order chi connectivity index (χ1) is 14.4. The molecule has 1 N–H and O–H groups in total. The lowest BCUT2D eigenvalue weighted by Crippen LogP contribution is -2.28. The van der Waals surface area contributed by atoms with E-state index in [-0.39, 0.29) is 17.3 Å². The normalized spacial score (nSPS) is 21.9. The fourth-order valence-electron chi connectivity index (χ4n) is 4.37. The zero-order chi connectivity index (χ0) is 21.7. The summed E-state index contributed by atoms with van der Waals surface area (Å²) in [6.45, 7) is 10.9. The minimum Gasteiger partial charge on any atom is -0.467 e. The Balaban J connectivity index is 1.78. The van der Waals surface area contributed by atoms with Crippen LogP contribution >= 0.6 is 11.8 Å². The number of ether oxygens (including phenoxy) is 1. The number of amides is 1. The Kier molecular flexibility index (Phi) is 8.27. The standard InChI is InChI=1S/C25H38N2O2S/c1-6-7-15-22(30-25-26-20-13-8-9-14-21(20)29-25)24(28)27-23-18(16(2)3)11-10-12-19(23)17(4)5/h10-12,16-17,20-22H,6-9,13-15H2,1-5H3,(H,27,28)/t20-,21-,22?/m1/s1. The molecule has 1 fully saturated rings. The van der Waals surface area contributed by atoms with Crippen LogP contribution in [0.1, 0.15) is 103 Å². The van der Waals surface area contributed by atoms with Crippen LogP contribution in [0, 0.1) is 0 Å². The van der Waals surface area contributed by atoms with E-state index in [1.807, 2.05) is 0 Å². The van der Waals surface area contributed by atoms with Gasteiger partial charge in [-0.25, -0.2) is 4.99 Å². The van der Waals surface area contributed by atoms with Crippen molar-refractivity contribution in [2.24, 2.45) is 4.99 Å². The van der Waals surface area contributed by atoms with Gasteiger partial charge in [-0.2, -0.15) is 0 Å². The second-order valence-electron chi connectivity index (χ2n) is 9.26. The van der Waals surface area contributed by atoms with E-state index in [4.69, 9.17) is 9.73 Å². The second kappa shape index (κ2) is 10.7. The highest BCUT2D eigenvalue weighted by Gasteiger charge is 2.35. The van der Waals surface area contributed by atoms with Gasteiger partial charge in [0.1, 0.15) is 6.10 Å². The van der Waals surface area contributed by atoms with E-state index in [1.165, 1.54) is 35.7 Å². The van der Waals surface area contributed by atoms with Crippen LogP contribution in [0.2, 0.25) is 0 Å². The number of carbonyl (C=O) groups excluding carboxylic acids is 1. The molecule has 1 aliphatic carbocycles. The zero-order valence-corrected chi connectivity index (χ0v) is 20.1. The molecule has 3 atom stereocenters. The molecule has 1 saturated carbocycles. The number of hydrogen-bond donors (Lipinski definition) is 1. The summed E-state index contributed by atoms with van der Waals surface area (Å²) in [5.74, 6) is 0.780. The maximum absolute atomic E-state index is 13.4. The highest BCUT2D eigenvalue weighted by atomic mass is 32.2. The maximum atomic E-state index is 13.4. The van der Waals surface area contributed by atoms with Crippen LogP contribution in [0.4, 0.5) is 5.69 Å². The lowest BCUT2D eigenvalue weighted by Gasteiger charge is -2.23. The predicted octanol–water partition coefficient (Wildman–Crippen LogP) is 6.86. The van der Waals surface area contributed by atoms with Crippen molar-refractivity contribution in [1.29, 1.82) is 0 Å². The number of anilines is 1. The van der Waals surface area contributed by atoms with Gasteiger partial charge in [0.15, 0.2) is 0 Å². The van der Waals surface area contributed by atoms with Crippen molar-refractivity contribution in [3.8, 4) is 0 Å². The Bertz CT molecular complexity index is 733. The third-order valence-corrected chi connectivity index (χ3v) is 7.31. The van der Waals surface area contributed by atoms with Gasteiger partial charge in [-0.15, -0.1) is 0 Å². The van der Waals surface area contributed by atoms with E-state index in [2.05, 4.69) is 58.1 Å². The third-order valence-electron chi connectivity index (χ3n) is 6.17. The van der Waals surface area contributed by atoms with Crippen LogP contribution in [0.3, 0.4) is 0 Å². The first-order valence-corrected chi connectivity index (χ1v) is 12.6. The van der Waals surface area contributed by atoms with Gasteiger partial charge in [-0.1, -0.05) is 83.8 Å². The first kappa shape index (κ1) is 23.2. The molecule has 1 heterocycles.